The fourth-order valence-electron chi connectivity index (χ4n) is 10.9. The van der Waals surface area contributed by atoms with E-state index >= 15 is 0 Å². The molecule has 2 fully saturated rings. The fourth-order valence-corrected chi connectivity index (χ4v) is 11.4. The van der Waals surface area contributed by atoms with Gasteiger partial charge in [0.05, 0.1) is 18.8 Å². The van der Waals surface area contributed by atoms with Gasteiger partial charge in [0.15, 0.2) is 0 Å². The standard InChI is InChI=1S/C18H18N2O2.C17H17N3O2.C13H8BrNO2.C12H7NO2.I3.I2.HI/c21-17-14-8-4-6-13-7-5-9-15(16(13)14)18(22)20(17)12-19-10-2-1-3-11-19;21-16-13-5-1-3-12-4-2-6-14(15(12)13)17(22)20(16)11-19-9-7-18-8-10-19;14-7-15-12(16)9-5-1-3-8-4-2-6-10(11(8)9)13(15)17;14-11-8-5-1-3-7-4-2-6-9(10(7)8)12(15)13-11;1-3-2;1-2;/h4-9H,1-3,10-12H2;1-6,18H,7-11H2;1-6H,7H2;1-6H,(H,13,14,15);;;1H/q;;;;-1;;. The van der Waals surface area contributed by atoms with Crippen molar-refractivity contribution < 1.29 is 51.6 Å². The van der Waals surface area contributed by atoms with Gasteiger partial charge in [-0.15, -0.1) is 24.0 Å². The maximum Gasteiger partial charge on any atom is 0.262 e. The maximum absolute atomic E-state index is 12.8. The Morgan fingerprint density at radius 1 is 0.390 bits per heavy atom. The number of nitrogens with zero attached hydrogens (tertiary/aromatic N) is 5. The Balaban J connectivity index is 0.000000140. The molecule has 15 nitrogen and oxygen atoms in total. The van der Waals surface area contributed by atoms with Crippen molar-refractivity contribution in [2.24, 2.45) is 0 Å². The van der Waals surface area contributed by atoms with E-state index in [1.165, 1.54) is 21.1 Å². The van der Waals surface area contributed by atoms with Crippen LogP contribution in [0.4, 0.5) is 0 Å². The summed E-state index contributed by atoms with van der Waals surface area (Å²) in [5, 5.41) is 12.5. The molecule has 2 saturated heterocycles. The second-order valence-electron chi connectivity index (χ2n) is 19.2. The molecule has 0 unspecified atom stereocenters. The van der Waals surface area contributed by atoms with E-state index in [0.29, 0.717) is 71.1 Å². The third-order valence-electron chi connectivity index (χ3n) is 14.6. The number of rotatable bonds is 5. The minimum atomic E-state index is -0.315. The fraction of sp³-hybridized carbons (Fsp3) is 0.200. The summed E-state index contributed by atoms with van der Waals surface area (Å²) in [7, 11) is 0. The van der Waals surface area contributed by atoms with E-state index in [-0.39, 0.29) is 76.7 Å². The molecule has 424 valence electrons. The van der Waals surface area contributed by atoms with Crippen molar-refractivity contribution in [1.29, 1.82) is 0 Å². The molecule has 0 aliphatic carbocycles. The average molecular weight is 1840 g/mol. The summed E-state index contributed by atoms with van der Waals surface area (Å²) >= 11 is 12.7. The summed E-state index contributed by atoms with van der Waals surface area (Å²) in [5.41, 5.74) is 5.09. The molecule has 0 radical (unpaired) electrons. The van der Waals surface area contributed by atoms with Crippen molar-refractivity contribution >= 4 is 205 Å². The third kappa shape index (κ3) is 13.5. The van der Waals surface area contributed by atoms with Gasteiger partial charge in [-0.05, 0) is 96.0 Å². The number of likely N-dealkylation sites (tertiary alicyclic amines) is 1. The van der Waals surface area contributed by atoms with Crippen LogP contribution in [-0.2, 0) is 0 Å². The van der Waals surface area contributed by atoms with Crippen molar-refractivity contribution in [3.8, 4) is 0 Å². The molecule has 8 amide bonds. The summed E-state index contributed by atoms with van der Waals surface area (Å²) in [6.45, 7) is 6.18. The Kier molecular flexibility index (Phi) is 23.4. The van der Waals surface area contributed by atoms with Crippen molar-refractivity contribution in [1.82, 2.24) is 35.1 Å². The van der Waals surface area contributed by atoms with Gasteiger partial charge >= 0.3 is 50.5 Å². The van der Waals surface area contributed by atoms with Crippen LogP contribution in [0.1, 0.15) is 102 Å². The van der Waals surface area contributed by atoms with Gasteiger partial charge in [-0.25, -0.2) is 0 Å². The van der Waals surface area contributed by atoms with Gasteiger partial charge in [0.25, 0.3) is 47.3 Å². The molecule has 2 N–H and O–H groups in total. The molecule has 8 aromatic rings. The number of nitrogens with one attached hydrogen (secondary N) is 2. The van der Waals surface area contributed by atoms with E-state index in [1.807, 2.05) is 121 Å². The molecule has 0 saturated carbocycles. The zero-order chi connectivity index (χ0) is 57.3. The first-order valence-electron chi connectivity index (χ1n) is 25.7. The predicted octanol–water partition coefficient (Wildman–Crippen LogP) is 9.85. The molecule has 82 heavy (non-hydrogen) atoms. The van der Waals surface area contributed by atoms with Crippen LogP contribution in [0, 0.1) is 0 Å². The molecule has 0 bridgehead atoms. The van der Waals surface area contributed by atoms with Crippen molar-refractivity contribution in [2.45, 2.75) is 19.3 Å². The maximum atomic E-state index is 12.8. The van der Waals surface area contributed by atoms with E-state index in [1.54, 1.807) is 24.3 Å². The van der Waals surface area contributed by atoms with Crippen molar-refractivity contribution in [2.75, 3.05) is 58.1 Å². The van der Waals surface area contributed by atoms with Gasteiger partial charge < -0.3 is 5.32 Å². The Hall–Kier alpha value is -3.90. The van der Waals surface area contributed by atoms with Crippen LogP contribution >= 0.6 is 114 Å². The van der Waals surface area contributed by atoms with Gasteiger partial charge in [0, 0.05) is 129 Å². The topological polar surface area (TPSA) is 177 Å². The summed E-state index contributed by atoms with van der Waals surface area (Å²) in [4.78, 5) is 107. The van der Waals surface area contributed by atoms with E-state index in [4.69, 9.17) is 0 Å². The van der Waals surface area contributed by atoms with Gasteiger partial charge in [0.1, 0.15) is 0 Å². The number of alkyl halides is 1. The summed E-state index contributed by atoms with van der Waals surface area (Å²) in [5.74, 6) is -1.82. The van der Waals surface area contributed by atoms with Gasteiger partial charge in [0.2, 0.25) is 0 Å². The number of piperazine rings is 1. The van der Waals surface area contributed by atoms with Gasteiger partial charge in [-0.3, -0.25) is 68.2 Å². The normalized spacial score (nSPS) is 16.1. The molecule has 22 heteroatoms. The molecule has 14 rings (SSSR count). The van der Waals surface area contributed by atoms with Crippen LogP contribution in [0.25, 0.3) is 43.1 Å². The molecular weight excluding hydrogens is 1790 g/mol. The van der Waals surface area contributed by atoms with Crippen LogP contribution < -0.4 is 23.9 Å². The summed E-state index contributed by atoms with van der Waals surface area (Å²) in [6, 6.07) is 44.4. The van der Waals surface area contributed by atoms with Crippen LogP contribution in [0.5, 0.6) is 0 Å². The second-order valence-corrected chi connectivity index (χ2v) is 36.0. The van der Waals surface area contributed by atoms with Crippen LogP contribution in [0.15, 0.2) is 146 Å². The first-order chi connectivity index (χ1) is 39.4. The van der Waals surface area contributed by atoms with Crippen LogP contribution in [0.2, 0.25) is 0 Å². The number of hydrogen-bond donors (Lipinski definition) is 2. The molecule has 6 heterocycles. The van der Waals surface area contributed by atoms with E-state index in [9.17, 15) is 38.4 Å². The molecule has 6 aliphatic rings. The smallest absolute Gasteiger partial charge is 0.262 e. The van der Waals surface area contributed by atoms with Crippen LogP contribution in [-0.4, -0.2) is 130 Å². The van der Waals surface area contributed by atoms with E-state index in [2.05, 4.69) is 111 Å². The van der Waals surface area contributed by atoms with Crippen molar-refractivity contribution in [3.63, 3.8) is 0 Å². The molecule has 0 atom stereocenters. The van der Waals surface area contributed by atoms with E-state index < -0.39 is 0 Å². The SMILES string of the molecule is I.II.I[I-]I.O=C1NC(=O)c2cccc3cccc1c23.O=C1c2cccc3cccc(c23)C(=O)N1CBr.O=C1c2cccc3cccc(c23)C(=O)N1CN1CCCCC1.O=C1c2cccc3cccc(c23)C(=O)N1CN1CCNCC1. The number of imide groups is 4. The molecular formula is C60H51BrI6N7O8-. The Morgan fingerprint density at radius 2 is 0.646 bits per heavy atom. The van der Waals surface area contributed by atoms with Gasteiger partial charge in [-0.2, -0.15) is 0 Å². The molecule has 0 spiro atoms. The minimum Gasteiger partial charge on any atom is -0.314 e. The molecule has 0 aromatic heterocycles. The van der Waals surface area contributed by atoms with Crippen molar-refractivity contribution in [3.05, 3.63) is 190 Å². The number of piperidine rings is 1. The number of hydrogen-bond acceptors (Lipinski definition) is 11. The predicted molar refractivity (Wildman–Crippen MR) is 364 cm³/mol. The third-order valence-corrected chi connectivity index (χ3v) is 15.2. The first kappa shape index (κ1) is 64.1. The number of carbonyl (C=O) groups excluding carboxylic acids is 8. The first-order valence-corrected chi connectivity index (χ1v) is 45.7. The largest absolute Gasteiger partial charge is 0.314 e. The average Bonchev–Trinajstić information content (AvgIpc) is 3.61. The summed E-state index contributed by atoms with van der Waals surface area (Å²) in [6.07, 6.45) is 3.52. The Morgan fingerprint density at radius 3 is 0.939 bits per heavy atom. The molecule has 6 aliphatic heterocycles. The minimum absolute atomic E-state index is 0. The number of amides is 8. The monoisotopic (exact) mass is 1840 g/mol. The van der Waals surface area contributed by atoms with Gasteiger partial charge in [-0.1, -0.05) is 119 Å². The Labute approximate surface area is 551 Å². The van der Waals surface area contributed by atoms with Crippen LogP contribution in [0.3, 0.4) is 0 Å². The van der Waals surface area contributed by atoms with E-state index in [0.717, 1.165) is 95.2 Å². The second kappa shape index (κ2) is 29.9. The zero-order valence-electron chi connectivity index (χ0n) is 43.5. The number of benzene rings is 8. The number of carbonyl (C=O) groups is 8. The number of halogens is 7. The summed E-state index contributed by atoms with van der Waals surface area (Å²) < 4.78 is 0. The molecule has 8 aromatic carbocycles. The quantitative estimate of drug-likeness (QED) is 0.0726. The Bertz CT molecular complexity index is 3470. The zero-order valence-corrected chi connectivity index (χ0v) is 58.2.